The fraction of sp³-hybridized carbons (Fsp3) is 0.182. The Morgan fingerprint density at radius 3 is 2.50 bits per heavy atom. The molecule has 0 unspecified atom stereocenters. The highest BCUT2D eigenvalue weighted by Crippen LogP contribution is 2.21. The summed E-state index contributed by atoms with van der Waals surface area (Å²) in [4.78, 5) is 10.3. The van der Waals surface area contributed by atoms with Crippen molar-refractivity contribution in [2.24, 2.45) is 0 Å². The van der Waals surface area contributed by atoms with Crippen molar-refractivity contribution in [3.63, 3.8) is 0 Å². The van der Waals surface area contributed by atoms with E-state index in [9.17, 15) is 9.90 Å². The molecule has 0 saturated heterocycles. The largest absolute Gasteiger partial charge is 0.508 e. The molecule has 0 bridgehead atoms. The van der Waals surface area contributed by atoms with Gasteiger partial charge in [0.15, 0.2) is 0 Å². The molecule has 0 atom stereocenters. The van der Waals surface area contributed by atoms with Gasteiger partial charge < -0.3 is 10.2 Å². The van der Waals surface area contributed by atoms with Gasteiger partial charge in [0.1, 0.15) is 5.75 Å². The molecule has 1 aromatic carbocycles. The van der Waals surface area contributed by atoms with E-state index < -0.39 is 5.97 Å². The van der Waals surface area contributed by atoms with Gasteiger partial charge in [-0.1, -0.05) is 0 Å². The highest BCUT2D eigenvalue weighted by Gasteiger charge is 2.00. The van der Waals surface area contributed by atoms with E-state index in [0.29, 0.717) is 0 Å². The zero-order valence-electron chi connectivity index (χ0n) is 8.11. The fourth-order valence-electron chi connectivity index (χ4n) is 1.16. The predicted molar refractivity (Wildman–Crippen MR) is 54.3 cm³/mol. The Kier molecular flexibility index (Phi) is 2.92. The molecule has 14 heavy (non-hydrogen) atoms. The topological polar surface area (TPSA) is 57.5 Å². The molecule has 0 fully saturated rings. The number of carboxylic acid groups (broad SMARTS) is 1. The maximum Gasteiger partial charge on any atom is 0.328 e. The number of hydrogen-bond acceptors (Lipinski definition) is 2. The second-order valence-corrected chi connectivity index (χ2v) is 3.17. The molecular weight excluding hydrogens is 180 g/mol. The smallest absolute Gasteiger partial charge is 0.328 e. The lowest BCUT2D eigenvalue weighted by molar-refractivity contribution is -0.131. The standard InChI is InChI=1S/C11H12O3/c1-7-6-10(12)8(2)5-9(7)3-4-11(13)14/h3-6,12H,1-2H3,(H,13,14)/b4-3+. The summed E-state index contributed by atoms with van der Waals surface area (Å²) in [7, 11) is 0. The number of rotatable bonds is 2. The lowest BCUT2D eigenvalue weighted by atomic mass is 10.0. The van der Waals surface area contributed by atoms with E-state index in [1.54, 1.807) is 19.1 Å². The monoisotopic (exact) mass is 192 g/mol. The van der Waals surface area contributed by atoms with E-state index in [1.165, 1.54) is 6.08 Å². The molecule has 3 nitrogen and oxygen atoms in total. The second-order valence-electron chi connectivity index (χ2n) is 3.17. The highest BCUT2D eigenvalue weighted by atomic mass is 16.4. The van der Waals surface area contributed by atoms with Gasteiger partial charge in [0.2, 0.25) is 0 Å². The van der Waals surface area contributed by atoms with Gasteiger partial charge in [0.05, 0.1) is 0 Å². The number of phenols is 1. The van der Waals surface area contributed by atoms with Crippen LogP contribution in [0.1, 0.15) is 16.7 Å². The highest BCUT2D eigenvalue weighted by molar-refractivity contribution is 5.85. The first-order valence-electron chi connectivity index (χ1n) is 4.22. The van der Waals surface area contributed by atoms with Gasteiger partial charge in [-0.2, -0.15) is 0 Å². The van der Waals surface area contributed by atoms with Crippen molar-refractivity contribution in [3.8, 4) is 5.75 Å². The number of carboxylic acids is 1. The van der Waals surface area contributed by atoms with Gasteiger partial charge in [-0.05, 0) is 48.7 Å². The summed E-state index contributed by atoms with van der Waals surface area (Å²) in [5.41, 5.74) is 2.40. The summed E-state index contributed by atoms with van der Waals surface area (Å²) >= 11 is 0. The van der Waals surface area contributed by atoms with E-state index in [-0.39, 0.29) is 5.75 Å². The summed E-state index contributed by atoms with van der Waals surface area (Å²) in [5, 5.41) is 17.8. The number of phenolic OH excluding ortho intramolecular Hbond substituents is 1. The molecule has 3 heteroatoms. The van der Waals surface area contributed by atoms with Crippen molar-refractivity contribution in [2.75, 3.05) is 0 Å². The zero-order chi connectivity index (χ0) is 10.7. The van der Waals surface area contributed by atoms with E-state index in [0.717, 1.165) is 22.8 Å². The lowest BCUT2D eigenvalue weighted by Crippen LogP contribution is -1.88. The first-order valence-corrected chi connectivity index (χ1v) is 4.22. The first-order chi connectivity index (χ1) is 6.50. The molecule has 0 aliphatic carbocycles. The minimum absolute atomic E-state index is 0.231. The van der Waals surface area contributed by atoms with Crippen LogP contribution in [-0.2, 0) is 4.79 Å². The predicted octanol–water partition coefficient (Wildman–Crippen LogP) is 2.11. The Balaban J connectivity index is 3.10. The average Bonchev–Trinajstić information content (AvgIpc) is 2.09. The Labute approximate surface area is 82.3 Å². The van der Waals surface area contributed by atoms with Gasteiger partial charge in [0.25, 0.3) is 0 Å². The third-order valence-electron chi connectivity index (χ3n) is 1.99. The van der Waals surface area contributed by atoms with Gasteiger partial charge in [-0.25, -0.2) is 4.79 Å². The lowest BCUT2D eigenvalue weighted by Gasteiger charge is -2.04. The molecule has 0 saturated carbocycles. The van der Waals surface area contributed by atoms with Crippen LogP contribution in [-0.4, -0.2) is 16.2 Å². The van der Waals surface area contributed by atoms with Crippen molar-refractivity contribution < 1.29 is 15.0 Å². The number of aliphatic carboxylic acids is 1. The Bertz CT molecular complexity index is 392. The third-order valence-corrected chi connectivity index (χ3v) is 1.99. The summed E-state index contributed by atoms with van der Waals surface area (Å²) in [5.74, 6) is -0.745. The summed E-state index contributed by atoms with van der Waals surface area (Å²) in [6.45, 7) is 3.59. The Morgan fingerprint density at radius 2 is 1.93 bits per heavy atom. The summed E-state index contributed by atoms with van der Waals surface area (Å²) in [6.07, 6.45) is 2.60. The van der Waals surface area contributed by atoms with Crippen molar-refractivity contribution in [2.45, 2.75) is 13.8 Å². The van der Waals surface area contributed by atoms with Crippen molar-refractivity contribution in [1.82, 2.24) is 0 Å². The van der Waals surface area contributed by atoms with Crippen LogP contribution in [0, 0.1) is 13.8 Å². The number of aromatic hydroxyl groups is 1. The van der Waals surface area contributed by atoms with Gasteiger partial charge in [-0.15, -0.1) is 0 Å². The fourth-order valence-corrected chi connectivity index (χ4v) is 1.16. The van der Waals surface area contributed by atoms with Crippen LogP contribution in [0.5, 0.6) is 5.75 Å². The van der Waals surface area contributed by atoms with Crippen LogP contribution < -0.4 is 0 Å². The molecular formula is C11H12O3. The molecule has 0 radical (unpaired) electrons. The molecule has 0 aromatic heterocycles. The molecule has 0 aliphatic rings. The third kappa shape index (κ3) is 2.36. The summed E-state index contributed by atoms with van der Waals surface area (Å²) < 4.78 is 0. The molecule has 0 heterocycles. The molecule has 0 spiro atoms. The van der Waals surface area contributed by atoms with Crippen molar-refractivity contribution in [3.05, 3.63) is 34.9 Å². The zero-order valence-corrected chi connectivity index (χ0v) is 8.11. The Morgan fingerprint density at radius 1 is 1.29 bits per heavy atom. The molecule has 1 aromatic rings. The maximum atomic E-state index is 10.3. The van der Waals surface area contributed by atoms with Gasteiger partial charge >= 0.3 is 5.97 Å². The molecule has 2 N–H and O–H groups in total. The number of aryl methyl sites for hydroxylation is 2. The maximum absolute atomic E-state index is 10.3. The number of carbonyl (C=O) groups is 1. The van der Waals surface area contributed by atoms with Crippen LogP contribution in [0.2, 0.25) is 0 Å². The van der Waals surface area contributed by atoms with E-state index in [2.05, 4.69) is 0 Å². The van der Waals surface area contributed by atoms with Crippen molar-refractivity contribution >= 4 is 12.0 Å². The van der Waals surface area contributed by atoms with Crippen LogP contribution in [0.4, 0.5) is 0 Å². The number of benzene rings is 1. The van der Waals surface area contributed by atoms with E-state index in [4.69, 9.17) is 5.11 Å². The normalized spacial score (nSPS) is 10.7. The minimum Gasteiger partial charge on any atom is -0.508 e. The summed E-state index contributed by atoms with van der Waals surface area (Å²) in [6, 6.07) is 3.38. The van der Waals surface area contributed by atoms with Crippen molar-refractivity contribution in [1.29, 1.82) is 0 Å². The van der Waals surface area contributed by atoms with Gasteiger partial charge in [0, 0.05) is 6.08 Å². The van der Waals surface area contributed by atoms with Crippen LogP contribution in [0.3, 0.4) is 0 Å². The minimum atomic E-state index is -0.977. The quantitative estimate of drug-likeness (QED) is 0.705. The first kappa shape index (κ1) is 10.3. The molecule has 1 rings (SSSR count). The van der Waals surface area contributed by atoms with Gasteiger partial charge in [-0.3, -0.25) is 0 Å². The molecule has 0 aliphatic heterocycles. The van der Waals surface area contributed by atoms with Crippen LogP contribution in [0.25, 0.3) is 6.08 Å². The SMILES string of the molecule is Cc1cc(/C=C/C(=O)O)c(C)cc1O. The molecule has 0 amide bonds. The van der Waals surface area contributed by atoms with E-state index in [1.807, 2.05) is 6.92 Å². The van der Waals surface area contributed by atoms with Crippen LogP contribution in [0.15, 0.2) is 18.2 Å². The average molecular weight is 192 g/mol. The number of hydrogen-bond donors (Lipinski definition) is 2. The second kappa shape index (κ2) is 3.96. The molecule has 74 valence electrons. The van der Waals surface area contributed by atoms with Crippen LogP contribution >= 0.6 is 0 Å². The Hall–Kier alpha value is -1.77. The van der Waals surface area contributed by atoms with E-state index >= 15 is 0 Å².